The van der Waals surface area contributed by atoms with Crippen molar-refractivity contribution in [1.82, 2.24) is 4.90 Å². The van der Waals surface area contributed by atoms with Gasteiger partial charge in [0.2, 0.25) is 0 Å². The number of amides is 1. The zero-order valence-corrected chi connectivity index (χ0v) is 13.1. The predicted octanol–water partition coefficient (Wildman–Crippen LogP) is 3.90. The normalized spacial score (nSPS) is 23.3. The number of fused-ring (bicyclic) bond motifs is 1. The van der Waals surface area contributed by atoms with Gasteiger partial charge >= 0.3 is 0 Å². The van der Waals surface area contributed by atoms with Crippen LogP contribution < -0.4 is 0 Å². The van der Waals surface area contributed by atoms with Crippen LogP contribution in [0.3, 0.4) is 0 Å². The van der Waals surface area contributed by atoms with Crippen LogP contribution in [0, 0.1) is 0 Å². The number of hydrogen-bond acceptors (Lipinski definition) is 2. The molecule has 1 aliphatic carbocycles. The van der Waals surface area contributed by atoms with Gasteiger partial charge in [0.1, 0.15) is 5.84 Å². The summed E-state index contributed by atoms with van der Waals surface area (Å²) in [5.74, 6) is 0.916. The number of nitrogens with zero attached hydrogens (tertiary/aromatic N) is 2. The zero-order valence-electron chi connectivity index (χ0n) is 13.1. The number of rotatable bonds is 2. The van der Waals surface area contributed by atoms with Gasteiger partial charge in [-0.15, -0.1) is 0 Å². The van der Waals surface area contributed by atoms with Crippen molar-refractivity contribution in [3.8, 4) is 0 Å². The second-order valence-corrected chi connectivity index (χ2v) is 6.28. The fraction of sp³-hybridized carbons (Fsp3) is 0.300. The summed E-state index contributed by atoms with van der Waals surface area (Å²) in [6.45, 7) is 0. The summed E-state index contributed by atoms with van der Waals surface area (Å²) in [4.78, 5) is 20.0. The molecule has 3 nitrogen and oxygen atoms in total. The molecule has 116 valence electrons. The highest BCUT2D eigenvalue weighted by Gasteiger charge is 2.41. The SMILES string of the molecule is O=C(c1ccccc1)N1C(c2ccccc2)=N[C@@H]2CCCC[C@H]21. The highest BCUT2D eigenvalue weighted by molar-refractivity contribution is 6.14. The van der Waals surface area contributed by atoms with Crippen molar-refractivity contribution in [2.45, 2.75) is 37.8 Å². The van der Waals surface area contributed by atoms with Gasteiger partial charge in [-0.1, -0.05) is 61.4 Å². The molecule has 2 aromatic carbocycles. The quantitative estimate of drug-likeness (QED) is 0.828. The Labute approximate surface area is 136 Å². The summed E-state index contributed by atoms with van der Waals surface area (Å²) in [7, 11) is 0. The fourth-order valence-corrected chi connectivity index (χ4v) is 3.69. The molecule has 0 N–H and O–H groups in total. The number of amidine groups is 1. The number of aliphatic imine (C=N–C) groups is 1. The van der Waals surface area contributed by atoms with Gasteiger partial charge in [-0.05, 0) is 25.0 Å². The first-order valence-electron chi connectivity index (χ1n) is 8.36. The summed E-state index contributed by atoms with van der Waals surface area (Å²) in [5, 5.41) is 0. The van der Waals surface area contributed by atoms with E-state index in [4.69, 9.17) is 4.99 Å². The Morgan fingerprint density at radius 2 is 1.57 bits per heavy atom. The molecule has 1 aliphatic heterocycles. The Bertz CT molecular complexity index is 724. The third kappa shape index (κ3) is 2.56. The second-order valence-electron chi connectivity index (χ2n) is 6.28. The summed E-state index contributed by atoms with van der Waals surface area (Å²) < 4.78 is 0. The first-order valence-corrected chi connectivity index (χ1v) is 8.36. The molecule has 0 unspecified atom stereocenters. The van der Waals surface area contributed by atoms with E-state index < -0.39 is 0 Å². The van der Waals surface area contributed by atoms with Crippen molar-refractivity contribution in [3.05, 3.63) is 71.8 Å². The number of hydrogen-bond donors (Lipinski definition) is 0. The zero-order chi connectivity index (χ0) is 15.6. The van der Waals surface area contributed by atoms with Gasteiger partial charge < -0.3 is 0 Å². The topological polar surface area (TPSA) is 32.7 Å². The minimum Gasteiger partial charge on any atom is -0.287 e. The van der Waals surface area contributed by atoms with Gasteiger partial charge in [0.05, 0.1) is 12.1 Å². The minimum atomic E-state index is 0.0719. The van der Waals surface area contributed by atoms with Gasteiger partial charge in [0, 0.05) is 11.1 Å². The standard InChI is InChI=1S/C20H20N2O/c23-20(16-11-5-2-6-12-16)22-18-14-8-7-13-17(18)21-19(22)15-9-3-1-4-10-15/h1-6,9-12,17-18H,7-8,13-14H2/t17-,18-/m1/s1. The minimum absolute atomic E-state index is 0.0719. The van der Waals surface area contributed by atoms with Crippen LogP contribution in [0.15, 0.2) is 65.7 Å². The molecular weight excluding hydrogens is 284 g/mol. The van der Waals surface area contributed by atoms with E-state index in [0.717, 1.165) is 29.8 Å². The van der Waals surface area contributed by atoms with Crippen LogP contribution in [-0.4, -0.2) is 28.7 Å². The molecule has 23 heavy (non-hydrogen) atoms. The van der Waals surface area contributed by atoms with Gasteiger partial charge in [-0.25, -0.2) is 0 Å². The van der Waals surface area contributed by atoms with Crippen LogP contribution in [0.4, 0.5) is 0 Å². The first kappa shape index (κ1) is 14.2. The van der Waals surface area contributed by atoms with Gasteiger partial charge in [0.15, 0.2) is 0 Å². The molecule has 1 heterocycles. The molecule has 0 spiro atoms. The molecular formula is C20H20N2O. The number of carbonyl (C=O) groups excluding carboxylic acids is 1. The van der Waals surface area contributed by atoms with Gasteiger partial charge in [0.25, 0.3) is 5.91 Å². The molecule has 4 rings (SSSR count). The third-order valence-electron chi connectivity index (χ3n) is 4.81. The number of benzene rings is 2. The lowest BCUT2D eigenvalue weighted by molar-refractivity contribution is 0.0786. The Morgan fingerprint density at radius 3 is 2.30 bits per heavy atom. The third-order valence-corrected chi connectivity index (χ3v) is 4.81. The molecule has 0 radical (unpaired) electrons. The van der Waals surface area contributed by atoms with E-state index in [0.29, 0.717) is 0 Å². The van der Waals surface area contributed by atoms with Crippen molar-refractivity contribution < 1.29 is 4.79 Å². The molecule has 1 saturated carbocycles. The lowest BCUT2D eigenvalue weighted by Gasteiger charge is -2.31. The maximum Gasteiger partial charge on any atom is 0.259 e. The van der Waals surface area contributed by atoms with Crippen LogP contribution in [0.5, 0.6) is 0 Å². The van der Waals surface area contributed by atoms with Gasteiger partial charge in [-0.2, -0.15) is 0 Å². The molecule has 0 aromatic heterocycles. The number of carbonyl (C=O) groups is 1. The first-order chi connectivity index (χ1) is 11.3. The molecule has 2 atom stereocenters. The lowest BCUT2D eigenvalue weighted by atomic mass is 9.90. The van der Waals surface area contributed by atoms with Crippen LogP contribution >= 0.6 is 0 Å². The van der Waals surface area contributed by atoms with E-state index in [9.17, 15) is 4.79 Å². The van der Waals surface area contributed by atoms with Crippen LogP contribution in [0.1, 0.15) is 41.6 Å². The van der Waals surface area contributed by atoms with Crippen molar-refractivity contribution in [2.75, 3.05) is 0 Å². The average molecular weight is 304 g/mol. The highest BCUT2D eigenvalue weighted by Crippen LogP contribution is 2.33. The lowest BCUT2D eigenvalue weighted by Crippen LogP contribution is -2.45. The molecule has 0 bridgehead atoms. The van der Waals surface area contributed by atoms with Crippen LogP contribution in [0.25, 0.3) is 0 Å². The Hall–Kier alpha value is -2.42. The summed E-state index contributed by atoms with van der Waals surface area (Å²) in [6.07, 6.45) is 4.51. The fourth-order valence-electron chi connectivity index (χ4n) is 3.69. The van der Waals surface area contributed by atoms with E-state index in [-0.39, 0.29) is 18.0 Å². The van der Waals surface area contributed by atoms with E-state index >= 15 is 0 Å². The predicted molar refractivity (Wildman–Crippen MR) is 91.6 cm³/mol. The molecule has 0 saturated heterocycles. The monoisotopic (exact) mass is 304 g/mol. The maximum atomic E-state index is 13.1. The summed E-state index contributed by atoms with van der Waals surface area (Å²) in [6, 6.07) is 20.1. The molecule has 1 fully saturated rings. The van der Waals surface area contributed by atoms with E-state index in [1.165, 1.54) is 12.8 Å². The maximum absolute atomic E-state index is 13.1. The van der Waals surface area contributed by atoms with Crippen molar-refractivity contribution in [1.29, 1.82) is 0 Å². The highest BCUT2D eigenvalue weighted by atomic mass is 16.2. The molecule has 2 aliphatic rings. The van der Waals surface area contributed by atoms with Crippen LogP contribution in [-0.2, 0) is 0 Å². The molecule has 2 aromatic rings. The summed E-state index contributed by atoms with van der Waals surface area (Å²) >= 11 is 0. The summed E-state index contributed by atoms with van der Waals surface area (Å²) in [5.41, 5.74) is 1.77. The largest absolute Gasteiger partial charge is 0.287 e. The van der Waals surface area contributed by atoms with Crippen LogP contribution in [0.2, 0.25) is 0 Å². The van der Waals surface area contributed by atoms with Crippen molar-refractivity contribution >= 4 is 11.7 Å². The van der Waals surface area contributed by atoms with Crippen molar-refractivity contribution in [2.24, 2.45) is 4.99 Å². The van der Waals surface area contributed by atoms with Gasteiger partial charge in [-0.3, -0.25) is 14.7 Å². The second kappa shape index (κ2) is 5.99. The van der Waals surface area contributed by atoms with E-state index in [1.807, 2.05) is 65.6 Å². The molecule has 1 amide bonds. The Balaban J connectivity index is 1.74. The Morgan fingerprint density at radius 1 is 0.913 bits per heavy atom. The average Bonchev–Trinajstić information content (AvgIpc) is 3.02. The van der Waals surface area contributed by atoms with E-state index in [1.54, 1.807) is 0 Å². The molecule has 3 heteroatoms. The van der Waals surface area contributed by atoms with Crippen molar-refractivity contribution in [3.63, 3.8) is 0 Å². The van der Waals surface area contributed by atoms with E-state index in [2.05, 4.69) is 0 Å². The smallest absolute Gasteiger partial charge is 0.259 e. The Kier molecular flexibility index (Phi) is 3.70.